The van der Waals surface area contributed by atoms with Crippen molar-refractivity contribution in [1.29, 1.82) is 0 Å². The third kappa shape index (κ3) is 2.92. The first-order valence-electron chi connectivity index (χ1n) is 7.29. The number of carbonyl (C=O) groups is 1. The van der Waals surface area contributed by atoms with Gasteiger partial charge in [0.15, 0.2) is 4.80 Å². The number of ether oxygens (including phenoxy) is 1. The summed E-state index contributed by atoms with van der Waals surface area (Å²) in [6.07, 6.45) is 0. The molecule has 0 aliphatic rings. The summed E-state index contributed by atoms with van der Waals surface area (Å²) in [7, 11) is 3.56. The minimum atomic E-state index is -0.208. The van der Waals surface area contributed by atoms with E-state index in [1.807, 2.05) is 61.9 Å². The maximum atomic E-state index is 12.5. The van der Waals surface area contributed by atoms with Crippen molar-refractivity contribution in [3.8, 4) is 5.75 Å². The van der Waals surface area contributed by atoms with Crippen LogP contribution in [0.5, 0.6) is 5.75 Å². The normalized spacial score (nSPS) is 11.9. The van der Waals surface area contributed by atoms with Crippen molar-refractivity contribution in [3.63, 3.8) is 0 Å². The molecular weight excluding hydrogens is 308 g/mol. The predicted octanol–water partition coefficient (Wildman–Crippen LogP) is 3.61. The van der Waals surface area contributed by atoms with Gasteiger partial charge in [0.1, 0.15) is 5.75 Å². The van der Waals surface area contributed by atoms with E-state index in [1.54, 1.807) is 7.11 Å². The number of rotatable bonds is 2. The van der Waals surface area contributed by atoms with Crippen molar-refractivity contribution in [3.05, 3.63) is 57.9 Å². The van der Waals surface area contributed by atoms with E-state index in [0.717, 1.165) is 27.1 Å². The molecule has 1 heterocycles. The Morgan fingerprint density at radius 3 is 2.70 bits per heavy atom. The molecule has 2 aromatic carbocycles. The average Bonchev–Trinajstić information content (AvgIpc) is 2.85. The van der Waals surface area contributed by atoms with E-state index in [-0.39, 0.29) is 5.91 Å². The zero-order valence-corrected chi connectivity index (χ0v) is 14.4. The lowest BCUT2D eigenvalue weighted by molar-refractivity contribution is 0.0997. The summed E-state index contributed by atoms with van der Waals surface area (Å²) in [5.74, 6) is 0.590. The standard InChI is InChI=1S/C18H18N2O2S/c1-11-5-6-12(2)14(9-11)17(21)19-18-20(3)15-8-7-13(22-4)10-16(15)23-18/h5-10H,1-4H3. The molecule has 3 rings (SSSR count). The van der Waals surface area contributed by atoms with Gasteiger partial charge in [0.05, 0.1) is 17.3 Å². The molecule has 4 nitrogen and oxygen atoms in total. The molecule has 0 unspecified atom stereocenters. The van der Waals surface area contributed by atoms with Crippen LogP contribution in [0.2, 0.25) is 0 Å². The summed E-state index contributed by atoms with van der Waals surface area (Å²) in [5.41, 5.74) is 3.68. The third-order valence-corrected chi connectivity index (χ3v) is 4.93. The minimum absolute atomic E-state index is 0.208. The van der Waals surface area contributed by atoms with Crippen LogP contribution in [0.3, 0.4) is 0 Å². The highest BCUT2D eigenvalue weighted by Gasteiger charge is 2.10. The molecule has 0 saturated carbocycles. The monoisotopic (exact) mass is 326 g/mol. The van der Waals surface area contributed by atoms with E-state index in [0.29, 0.717) is 10.4 Å². The van der Waals surface area contributed by atoms with E-state index in [1.165, 1.54) is 11.3 Å². The largest absolute Gasteiger partial charge is 0.497 e. The second kappa shape index (κ2) is 6.01. The SMILES string of the molecule is COc1ccc2c(c1)sc(=NC(=O)c1cc(C)ccc1C)n2C. The Hall–Kier alpha value is -2.40. The first kappa shape index (κ1) is 15.5. The lowest BCUT2D eigenvalue weighted by Gasteiger charge is -2.02. The van der Waals surface area contributed by atoms with Gasteiger partial charge in [-0.25, -0.2) is 0 Å². The maximum absolute atomic E-state index is 12.5. The molecule has 23 heavy (non-hydrogen) atoms. The molecular formula is C18H18N2O2S. The van der Waals surface area contributed by atoms with Crippen molar-refractivity contribution < 1.29 is 9.53 Å². The lowest BCUT2D eigenvalue weighted by atomic mass is 10.1. The van der Waals surface area contributed by atoms with Crippen molar-refractivity contribution in [2.75, 3.05) is 7.11 Å². The Labute approximate surface area is 138 Å². The molecule has 1 amide bonds. The number of benzene rings is 2. The summed E-state index contributed by atoms with van der Waals surface area (Å²) < 4.78 is 8.22. The molecule has 118 valence electrons. The zero-order chi connectivity index (χ0) is 16.6. The zero-order valence-electron chi connectivity index (χ0n) is 13.6. The fourth-order valence-electron chi connectivity index (χ4n) is 2.46. The Morgan fingerprint density at radius 1 is 1.17 bits per heavy atom. The Balaban J connectivity index is 2.12. The number of amides is 1. The molecule has 3 aromatic rings. The number of nitrogens with zero attached hydrogens (tertiary/aromatic N) is 2. The van der Waals surface area contributed by atoms with Crippen molar-refractivity contribution in [2.45, 2.75) is 13.8 Å². The van der Waals surface area contributed by atoms with Gasteiger partial charge >= 0.3 is 0 Å². The van der Waals surface area contributed by atoms with Gasteiger partial charge in [-0.15, -0.1) is 0 Å². The van der Waals surface area contributed by atoms with Crippen molar-refractivity contribution in [1.82, 2.24) is 4.57 Å². The van der Waals surface area contributed by atoms with Crippen LogP contribution in [-0.2, 0) is 7.05 Å². The van der Waals surface area contributed by atoms with Gasteiger partial charge < -0.3 is 9.30 Å². The topological polar surface area (TPSA) is 43.6 Å². The quantitative estimate of drug-likeness (QED) is 0.722. The number of fused-ring (bicyclic) bond motifs is 1. The average molecular weight is 326 g/mol. The summed E-state index contributed by atoms with van der Waals surface area (Å²) in [5, 5.41) is 0. The van der Waals surface area contributed by atoms with Gasteiger partial charge in [-0.3, -0.25) is 4.79 Å². The maximum Gasteiger partial charge on any atom is 0.279 e. The van der Waals surface area contributed by atoms with Crippen molar-refractivity contribution in [2.24, 2.45) is 12.0 Å². The number of carbonyl (C=O) groups excluding carboxylic acids is 1. The summed E-state index contributed by atoms with van der Waals surface area (Å²) in [6, 6.07) is 11.7. The van der Waals surface area contributed by atoms with Crippen molar-refractivity contribution >= 4 is 27.5 Å². The van der Waals surface area contributed by atoms with E-state index in [9.17, 15) is 4.79 Å². The first-order valence-corrected chi connectivity index (χ1v) is 8.11. The second-order valence-corrected chi connectivity index (χ2v) is 6.52. The van der Waals surface area contributed by atoms with Crippen LogP contribution in [0, 0.1) is 13.8 Å². The number of hydrogen-bond acceptors (Lipinski definition) is 3. The highest BCUT2D eigenvalue weighted by atomic mass is 32.1. The molecule has 0 bridgehead atoms. The third-order valence-electron chi connectivity index (χ3n) is 3.84. The van der Waals surface area contributed by atoms with Gasteiger partial charge in [0.2, 0.25) is 0 Å². The molecule has 0 atom stereocenters. The fourth-order valence-corrected chi connectivity index (χ4v) is 3.51. The Bertz CT molecular complexity index is 967. The van der Waals surface area contributed by atoms with E-state index >= 15 is 0 Å². The molecule has 0 saturated heterocycles. The smallest absolute Gasteiger partial charge is 0.279 e. The minimum Gasteiger partial charge on any atom is -0.497 e. The molecule has 0 aliphatic carbocycles. The number of methoxy groups -OCH3 is 1. The van der Waals surface area contributed by atoms with Gasteiger partial charge in [-0.1, -0.05) is 29.0 Å². The molecule has 1 aromatic heterocycles. The Morgan fingerprint density at radius 2 is 1.96 bits per heavy atom. The van der Waals surface area contributed by atoms with Crippen LogP contribution in [0.4, 0.5) is 0 Å². The Kier molecular flexibility index (Phi) is 4.05. The molecule has 5 heteroatoms. The van der Waals surface area contributed by atoms with Crippen LogP contribution >= 0.6 is 11.3 Å². The van der Waals surface area contributed by atoms with E-state index in [2.05, 4.69) is 4.99 Å². The van der Waals surface area contributed by atoms with Crippen LogP contribution in [0.25, 0.3) is 10.2 Å². The van der Waals surface area contributed by atoms with E-state index < -0.39 is 0 Å². The highest BCUT2D eigenvalue weighted by molar-refractivity contribution is 7.16. The number of aryl methyl sites for hydroxylation is 3. The highest BCUT2D eigenvalue weighted by Crippen LogP contribution is 2.22. The van der Waals surface area contributed by atoms with E-state index in [4.69, 9.17) is 4.74 Å². The number of thiazole rings is 1. The second-order valence-electron chi connectivity index (χ2n) is 5.51. The van der Waals surface area contributed by atoms with Gasteiger partial charge in [0, 0.05) is 12.6 Å². The molecule has 0 fully saturated rings. The molecule has 0 radical (unpaired) electrons. The van der Waals surface area contributed by atoms with Gasteiger partial charge in [-0.05, 0) is 43.7 Å². The fraction of sp³-hybridized carbons (Fsp3) is 0.222. The van der Waals surface area contributed by atoms with Gasteiger partial charge in [-0.2, -0.15) is 4.99 Å². The van der Waals surface area contributed by atoms with Crippen LogP contribution in [0.1, 0.15) is 21.5 Å². The van der Waals surface area contributed by atoms with Gasteiger partial charge in [0.25, 0.3) is 5.91 Å². The first-order chi connectivity index (χ1) is 11.0. The molecule has 0 aliphatic heterocycles. The summed E-state index contributed by atoms with van der Waals surface area (Å²) in [4.78, 5) is 17.5. The number of hydrogen-bond donors (Lipinski definition) is 0. The molecule has 0 N–H and O–H groups in total. The summed E-state index contributed by atoms with van der Waals surface area (Å²) >= 11 is 1.48. The lowest BCUT2D eigenvalue weighted by Crippen LogP contribution is -2.13. The number of aromatic nitrogens is 1. The van der Waals surface area contributed by atoms with Crippen LogP contribution < -0.4 is 9.54 Å². The van der Waals surface area contributed by atoms with Crippen LogP contribution in [-0.4, -0.2) is 17.6 Å². The predicted molar refractivity (Wildman–Crippen MR) is 93.2 cm³/mol. The molecule has 0 spiro atoms. The summed E-state index contributed by atoms with van der Waals surface area (Å²) in [6.45, 7) is 3.90. The van der Waals surface area contributed by atoms with Crippen LogP contribution in [0.15, 0.2) is 41.4 Å².